The number of pyridine rings is 1. The maximum atomic E-state index is 13.4. The van der Waals surface area contributed by atoms with Gasteiger partial charge >= 0.3 is 0 Å². The SMILES string of the molecule is Cc1cccnc1NC(=O)[C@H]1CCCN(C[C@H](O)c2ccc(F)c(F)c2)C1. The highest BCUT2D eigenvalue weighted by atomic mass is 19.2. The molecular weight excluding hydrogens is 352 g/mol. The zero-order valence-corrected chi connectivity index (χ0v) is 15.2. The average Bonchev–Trinajstić information content (AvgIpc) is 2.66. The van der Waals surface area contributed by atoms with Crippen molar-refractivity contribution in [2.75, 3.05) is 25.0 Å². The molecule has 1 amide bonds. The normalized spacial score (nSPS) is 18.9. The number of benzene rings is 1. The zero-order valence-electron chi connectivity index (χ0n) is 15.2. The van der Waals surface area contributed by atoms with Gasteiger partial charge in [0, 0.05) is 19.3 Å². The van der Waals surface area contributed by atoms with Crippen molar-refractivity contribution >= 4 is 11.7 Å². The maximum Gasteiger partial charge on any atom is 0.229 e. The number of hydrogen-bond acceptors (Lipinski definition) is 4. The Labute approximate surface area is 157 Å². The second kappa shape index (κ2) is 8.54. The molecule has 2 aromatic rings. The number of β-amino-alcohol motifs (C(OH)–C–C–N with tert-alkyl or cyclic N) is 1. The van der Waals surface area contributed by atoms with Crippen LogP contribution in [0, 0.1) is 24.5 Å². The van der Waals surface area contributed by atoms with Crippen LogP contribution in [0.25, 0.3) is 0 Å². The molecule has 7 heteroatoms. The smallest absolute Gasteiger partial charge is 0.229 e. The number of aromatic nitrogens is 1. The summed E-state index contributed by atoms with van der Waals surface area (Å²) in [6.07, 6.45) is 2.27. The van der Waals surface area contributed by atoms with Crippen molar-refractivity contribution in [3.05, 3.63) is 59.3 Å². The van der Waals surface area contributed by atoms with Crippen molar-refractivity contribution in [3.63, 3.8) is 0 Å². The minimum Gasteiger partial charge on any atom is -0.387 e. The largest absolute Gasteiger partial charge is 0.387 e. The fourth-order valence-electron chi connectivity index (χ4n) is 3.34. The summed E-state index contributed by atoms with van der Waals surface area (Å²) in [5, 5.41) is 13.2. The highest BCUT2D eigenvalue weighted by Gasteiger charge is 2.27. The van der Waals surface area contributed by atoms with Gasteiger partial charge < -0.3 is 10.4 Å². The summed E-state index contributed by atoms with van der Waals surface area (Å²) < 4.78 is 26.4. The lowest BCUT2D eigenvalue weighted by molar-refractivity contribution is -0.121. The molecule has 144 valence electrons. The van der Waals surface area contributed by atoms with E-state index in [-0.39, 0.29) is 18.4 Å². The molecule has 1 aliphatic heterocycles. The molecule has 0 aliphatic carbocycles. The van der Waals surface area contributed by atoms with Crippen LogP contribution >= 0.6 is 0 Å². The van der Waals surface area contributed by atoms with Gasteiger partial charge in [-0.3, -0.25) is 9.69 Å². The number of carbonyl (C=O) groups excluding carboxylic acids is 1. The van der Waals surface area contributed by atoms with Crippen LogP contribution in [0.4, 0.5) is 14.6 Å². The van der Waals surface area contributed by atoms with Crippen LogP contribution in [0.3, 0.4) is 0 Å². The van der Waals surface area contributed by atoms with E-state index in [1.807, 2.05) is 24.0 Å². The van der Waals surface area contributed by atoms with Gasteiger partial charge in [0.15, 0.2) is 11.6 Å². The number of carbonyl (C=O) groups is 1. The first kappa shape index (κ1) is 19.4. The second-order valence-electron chi connectivity index (χ2n) is 6.95. The summed E-state index contributed by atoms with van der Waals surface area (Å²) in [5.41, 5.74) is 1.22. The van der Waals surface area contributed by atoms with Crippen molar-refractivity contribution in [2.24, 2.45) is 5.92 Å². The van der Waals surface area contributed by atoms with Crippen molar-refractivity contribution in [3.8, 4) is 0 Å². The lowest BCUT2D eigenvalue weighted by Gasteiger charge is -2.33. The fraction of sp³-hybridized carbons (Fsp3) is 0.400. The Morgan fingerprint density at radius 3 is 2.93 bits per heavy atom. The molecule has 2 N–H and O–H groups in total. The molecule has 1 aliphatic rings. The number of hydrogen-bond donors (Lipinski definition) is 2. The van der Waals surface area contributed by atoms with Crippen LogP contribution < -0.4 is 5.32 Å². The molecule has 2 atom stereocenters. The number of likely N-dealkylation sites (tertiary alicyclic amines) is 1. The van der Waals surface area contributed by atoms with Crippen LogP contribution in [-0.4, -0.2) is 40.5 Å². The van der Waals surface area contributed by atoms with Crippen molar-refractivity contribution in [1.82, 2.24) is 9.88 Å². The number of rotatable bonds is 5. The topological polar surface area (TPSA) is 65.5 Å². The quantitative estimate of drug-likeness (QED) is 0.843. The van der Waals surface area contributed by atoms with E-state index in [0.29, 0.717) is 17.9 Å². The van der Waals surface area contributed by atoms with Gasteiger partial charge in [0.05, 0.1) is 12.0 Å². The highest BCUT2D eigenvalue weighted by molar-refractivity contribution is 5.92. The standard InChI is InChI=1S/C20H23F2N3O2/c1-13-4-2-8-23-19(13)24-20(27)15-5-3-9-25(11-15)12-18(26)14-6-7-16(21)17(22)10-14/h2,4,6-8,10,15,18,26H,3,5,9,11-12H2,1H3,(H,23,24,27)/t15-,18-/m0/s1. The minimum absolute atomic E-state index is 0.0937. The lowest BCUT2D eigenvalue weighted by Crippen LogP contribution is -2.42. The minimum atomic E-state index is -0.979. The van der Waals surface area contributed by atoms with Crippen molar-refractivity contribution < 1.29 is 18.7 Å². The van der Waals surface area contributed by atoms with Gasteiger partial charge in [0.1, 0.15) is 5.82 Å². The first-order valence-corrected chi connectivity index (χ1v) is 9.02. The summed E-state index contributed by atoms with van der Waals surface area (Å²) >= 11 is 0. The maximum absolute atomic E-state index is 13.4. The van der Waals surface area contributed by atoms with Gasteiger partial charge in [-0.25, -0.2) is 13.8 Å². The van der Waals surface area contributed by atoms with Crippen LogP contribution in [0.5, 0.6) is 0 Å². The van der Waals surface area contributed by atoms with E-state index in [9.17, 15) is 18.7 Å². The number of nitrogens with zero attached hydrogens (tertiary/aromatic N) is 2. The van der Waals surface area contributed by atoms with Gasteiger partial charge in [0.25, 0.3) is 0 Å². The first-order chi connectivity index (χ1) is 12.9. The van der Waals surface area contributed by atoms with E-state index in [2.05, 4.69) is 10.3 Å². The van der Waals surface area contributed by atoms with Crippen LogP contribution in [0.2, 0.25) is 0 Å². The molecule has 0 radical (unpaired) electrons. The zero-order chi connectivity index (χ0) is 19.4. The third-order valence-electron chi connectivity index (χ3n) is 4.89. The molecule has 3 rings (SSSR count). The molecule has 27 heavy (non-hydrogen) atoms. The average molecular weight is 375 g/mol. The van der Waals surface area contributed by atoms with Gasteiger partial charge in [-0.1, -0.05) is 12.1 Å². The third kappa shape index (κ3) is 4.87. The summed E-state index contributed by atoms with van der Waals surface area (Å²) in [6.45, 7) is 3.39. The Hall–Kier alpha value is -2.38. The molecule has 0 spiro atoms. The van der Waals surface area contributed by atoms with Gasteiger partial charge in [0.2, 0.25) is 5.91 Å². The van der Waals surface area contributed by atoms with Crippen LogP contribution in [0.15, 0.2) is 36.5 Å². The molecule has 0 unspecified atom stereocenters. The van der Waals surface area contributed by atoms with E-state index < -0.39 is 17.7 Å². The Bertz CT molecular complexity index is 816. The Kier molecular flexibility index (Phi) is 6.13. The molecular formula is C20H23F2N3O2. The van der Waals surface area contributed by atoms with E-state index in [1.54, 1.807) is 6.20 Å². The lowest BCUT2D eigenvalue weighted by atomic mass is 9.96. The molecule has 5 nitrogen and oxygen atoms in total. The van der Waals surface area contributed by atoms with Gasteiger partial charge in [-0.15, -0.1) is 0 Å². The summed E-state index contributed by atoms with van der Waals surface area (Å²) in [5.74, 6) is -1.67. The van der Waals surface area contributed by atoms with E-state index in [0.717, 1.165) is 37.1 Å². The number of nitrogens with one attached hydrogen (secondary N) is 1. The summed E-state index contributed by atoms with van der Waals surface area (Å²) in [7, 11) is 0. The van der Waals surface area contributed by atoms with Crippen LogP contribution in [-0.2, 0) is 4.79 Å². The summed E-state index contributed by atoms with van der Waals surface area (Å²) in [4.78, 5) is 18.7. The highest BCUT2D eigenvalue weighted by Crippen LogP contribution is 2.23. The number of halogens is 2. The monoisotopic (exact) mass is 375 g/mol. The molecule has 1 fully saturated rings. The molecule has 0 bridgehead atoms. The van der Waals surface area contributed by atoms with E-state index in [4.69, 9.17) is 0 Å². The Morgan fingerprint density at radius 2 is 2.19 bits per heavy atom. The van der Waals surface area contributed by atoms with Crippen LogP contribution in [0.1, 0.15) is 30.1 Å². The number of anilines is 1. The second-order valence-corrected chi connectivity index (χ2v) is 6.95. The molecule has 0 saturated carbocycles. The molecule has 1 aromatic heterocycles. The Morgan fingerprint density at radius 1 is 1.37 bits per heavy atom. The predicted molar refractivity (Wildman–Crippen MR) is 98.1 cm³/mol. The summed E-state index contributed by atoms with van der Waals surface area (Å²) in [6, 6.07) is 7.09. The molecule has 1 aromatic carbocycles. The third-order valence-corrected chi connectivity index (χ3v) is 4.89. The van der Waals surface area contributed by atoms with Gasteiger partial charge in [-0.2, -0.15) is 0 Å². The first-order valence-electron chi connectivity index (χ1n) is 9.02. The number of aliphatic hydroxyl groups is 1. The Balaban J connectivity index is 1.59. The van der Waals surface area contributed by atoms with E-state index >= 15 is 0 Å². The molecule has 2 heterocycles. The van der Waals surface area contributed by atoms with Gasteiger partial charge in [-0.05, 0) is 55.6 Å². The van der Waals surface area contributed by atoms with Crippen molar-refractivity contribution in [1.29, 1.82) is 0 Å². The number of aliphatic hydroxyl groups excluding tert-OH is 1. The number of amides is 1. The van der Waals surface area contributed by atoms with Crippen molar-refractivity contribution in [2.45, 2.75) is 25.9 Å². The molecule has 1 saturated heterocycles. The number of aryl methyl sites for hydroxylation is 1. The van der Waals surface area contributed by atoms with E-state index in [1.165, 1.54) is 6.07 Å². The predicted octanol–water partition coefficient (Wildman–Crippen LogP) is 3.05. The fourth-order valence-corrected chi connectivity index (χ4v) is 3.34. The number of piperidine rings is 1.